The van der Waals surface area contributed by atoms with Crippen LogP contribution in [-0.2, 0) is 4.79 Å². The lowest BCUT2D eigenvalue weighted by Gasteiger charge is -2.10. The number of benzene rings is 3. The van der Waals surface area contributed by atoms with Crippen molar-refractivity contribution in [2.75, 3.05) is 5.75 Å². The number of para-hydroxylation sites is 1. The zero-order valence-electron chi connectivity index (χ0n) is 19.3. The number of non-ortho nitro benzene ring substituents is 1. The van der Waals surface area contributed by atoms with Crippen molar-refractivity contribution >= 4 is 35.1 Å². The molecule has 0 saturated heterocycles. The molecule has 1 aromatic heterocycles. The summed E-state index contributed by atoms with van der Waals surface area (Å²) in [6, 6.07) is 25.4. The number of nitrogens with zero attached hydrogens (tertiary/aromatic N) is 5. The predicted molar refractivity (Wildman–Crippen MR) is 141 cm³/mol. The Labute approximate surface area is 211 Å². The van der Waals surface area contributed by atoms with Crippen molar-refractivity contribution in [2.24, 2.45) is 5.10 Å². The Kier molecular flexibility index (Phi) is 7.99. The smallest absolute Gasteiger partial charge is 0.270 e. The zero-order chi connectivity index (χ0) is 25.3. The topological polar surface area (TPSA) is 115 Å². The van der Waals surface area contributed by atoms with E-state index in [1.54, 1.807) is 23.6 Å². The summed E-state index contributed by atoms with van der Waals surface area (Å²) < 4.78 is 1.77. The first-order chi connectivity index (χ1) is 17.5. The third-order valence-corrected chi connectivity index (χ3v) is 5.90. The Hall–Kier alpha value is -4.57. The van der Waals surface area contributed by atoms with E-state index in [9.17, 15) is 14.9 Å². The predicted octanol–water partition coefficient (Wildman–Crippen LogP) is 5.14. The summed E-state index contributed by atoms with van der Waals surface area (Å²) in [5.41, 5.74) is 5.51. The molecule has 180 valence electrons. The minimum atomic E-state index is -0.454. The second kappa shape index (κ2) is 11.7. The van der Waals surface area contributed by atoms with Gasteiger partial charge in [0.25, 0.3) is 11.6 Å². The molecule has 0 aliphatic carbocycles. The lowest BCUT2D eigenvalue weighted by Crippen LogP contribution is -2.20. The molecule has 4 aromatic rings. The van der Waals surface area contributed by atoms with Crippen LogP contribution in [0.1, 0.15) is 12.5 Å². The maximum absolute atomic E-state index is 12.4. The van der Waals surface area contributed by atoms with Crippen molar-refractivity contribution < 1.29 is 9.72 Å². The number of hydrazone groups is 1. The summed E-state index contributed by atoms with van der Waals surface area (Å²) >= 11 is 1.19. The van der Waals surface area contributed by atoms with E-state index in [1.165, 1.54) is 23.9 Å². The molecule has 0 radical (unpaired) electrons. The van der Waals surface area contributed by atoms with Crippen molar-refractivity contribution in [1.29, 1.82) is 0 Å². The Balaban J connectivity index is 1.49. The Morgan fingerprint density at radius 1 is 1.06 bits per heavy atom. The lowest BCUT2D eigenvalue weighted by atomic mass is 10.2. The van der Waals surface area contributed by atoms with Gasteiger partial charge in [0.1, 0.15) is 0 Å². The molecule has 0 unspecified atom stereocenters. The van der Waals surface area contributed by atoms with Gasteiger partial charge in [0.2, 0.25) is 0 Å². The molecule has 0 bridgehead atoms. The Morgan fingerprint density at radius 3 is 2.50 bits per heavy atom. The van der Waals surface area contributed by atoms with E-state index in [4.69, 9.17) is 0 Å². The highest BCUT2D eigenvalue weighted by molar-refractivity contribution is 7.99. The van der Waals surface area contributed by atoms with Gasteiger partial charge in [-0.25, -0.2) is 5.43 Å². The van der Waals surface area contributed by atoms with Crippen LogP contribution < -0.4 is 5.43 Å². The van der Waals surface area contributed by atoms with Gasteiger partial charge in [-0.3, -0.25) is 19.5 Å². The SMILES string of the molecule is CC(/C=C/c1ccccc1)=N/NC(=O)CSc1nnc(-c2cccc([N+](=O)[O-])c2)n1-c1ccccc1. The van der Waals surface area contributed by atoms with Gasteiger partial charge < -0.3 is 0 Å². The minimum Gasteiger partial charge on any atom is -0.272 e. The number of nitro groups is 1. The third-order valence-electron chi connectivity index (χ3n) is 4.97. The number of carbonyl (C=O) groups excluding carboxylic acids is 1. The molecule has 1 N–H and O–H groups in total. The van der Waals surface area contributed by atoms with Crippen molar-refractivity contribution in [3.63, 3.8) is 0 Å². The number of rotatable bonds is 9. The van der Waals surface area contributed by atoms with Gasteiger partial charge in [-0.2, -0.15) is 5.10 Å². The normalized spacial score (nSPS) is 11.5. The molecule has 0 aliphatic heterocycles. The maximum atomic E-state index is 12.4. The molecule has 1 amide bonds. The van der Waals surface area contributed by atoms with Crippen molar-refractivity contribution in [3.8, 4) is 17.1 Å². The molecular formula is C26H22N6O3S. The van der Waals surface area contributed by atoms with Crippen LogP contribution in [0.4, 0.5) is 5.69 Å². The first kappa shape index (κ1) is 24.6. The van der Waals surface area contributed by atoms with Gasteiger partial charge >= 0.3 is 0 Å². The van der Waals surface area contributed by atoms with Gasteiger partial charge in [-0.05, 0) is 30.7 Å². The molecule has 0 atom stereocenters. The van der Waals surface area contributed by atoms with Gasteiger partial charge in [-0.15, -0.1) is 10.2 Å². The molecule has 3 aromatic carbocycles. The Morgan fingerprint density at radius 2 is 1.78 bits per heavy atom. The largest absolute Gasteiger partial charge is 0.272 e. The van der Waals surface area contributed by atoms with Crippen molar-refractivity contribution in [3.05, 3.63) is 107 Å². The van der Waals surface area contributed by atoms with E-state index in [2.05, 4.69) is 20.7 Å². The summed E-state index contributed by atoms with van der Waals surface area (Å²) in [5.74, 6) is 0.193. The number of allylic oxidation sites excluding steroid dienone is 1. The van der Waals surface area contributed by atoms with Crippen LogP contribution in [0.25, 0.3) is 23.2 Å². The molecule has 36 heavy (non-hydrogen) atoms. The number of nitrogens with one attached hydrogen (secondary N) is 1. The van der Waals surface area contributed by atoms with Crippen molar-refractivity contribution in [2.45, 2.75) is 12.1 Å². The van der Waals surface area contributed by atoms with Crippen LogP contribution in [0.2, 0.25) is 0 Å². The monoisotopic (exact) mass is 498 g/mol. The van der Waals surface area contributed by atoms with Crippen LogP contribution in [0, 0.1) is 10.1 Å². The second-order valence-electron chi connectivity index (χ2n) is 7.61. The molecule has 0 spiro atoms. The van der Waals surface area contributed by atoms with Gasteiger partial charge in [0.05, 0.1) is 16.4 Å². The Bertz CT molecular complexity index is 1420. The molecule has 10 heteroatoms. The molecule has 9 nitrogen and oxygen atoms in total. The summed E-state index contributed by atoms with van der Waals surface area (Å²) in [6.45, 7) is 1.80. The van der Waals surface area contributed by atoms with Crippen LogP contribution >= 0.6 is 11.8 Å². The van der Waals surface area contributed by atoms with E-state index in [-0.39, 0.29) is 17.3 Å². The summed E-state index contributed by atoms with van der Waals surface area (Å²) in [4.78, 5) is 23.2. The quantitative estimate of drug-likeness (QED) is 0.148. The number of nitro benzene ring substituents is 1. The number of carbonyl (C=O) groups is 1. The number of hydrogen-bond acceptors (Lipinski definition) is 7. The average molecular weight is 499 g/mol. The lowest BCUT2D eigenvalue weighted by molar-refractivity contribution is -0.384. The highest BCUT2D eigenvalue weighted by Crippen LogP contribution is 2.29. The number of amides is 1. The molecular weight excluding hydrogens is 476 g/mol. The highest BCUT2D eigenvalue weighted by atomic mass is 32.2. The molecule has 4 rings (SSSR count). The molecule has 0 aliphatic rings. The first-order valence-electron chi connectivity index (χ1n) is 11.0. The fraction of sp³-hybridized carbons (Fsp3) is 0.0769. The number of aromatic nitrogens is 3. The van der Waals surface area contributed by atoms with E-state index in [0.717, 1.165) is 11.3 Å². The first-order valence-corrected chi connectivity index (χ1v) is 11.9. The molecule has 1 heterocycles. The van der Waals surface area contributed by atoms with Gasteiger partial charge in [-0.1, -0.05) is 78.5 Å². The fourth-order valence-corrected chi connectivity index (χ4v) is 3.99. The van der Waals surface area contributed by atoms with Gasteiger partial charge in [0.15, 0.2) is 11.0 Å². The van der Waals surface area contributed by atoms with Crippen LogP contribution in [0.5, 0.6) is 0 Å². The van der Waals surface area contributed by atoms with Crippen LogP contribution in [-0.4, -0.2) is 37.1 Å². The van der Waals surface area contributed by atoms with E-state index in [0.29, 0.717) is 22.3 Å². The third kappa shape index (κ3) is 6.30. The zero-order valence-corrected chi connectivity index (χ0v) is 20.1. The van der Waals surface area contributed by atoms with E-state index >= 15 is 0 Å². The second-order valence-corrected chi connectivity index (χ2v) is 8.55. The molecule has 0 saturated carbocycles. The highest BCUT2D eigenvalue weighted by Gasteiger charge is 2.19. The summed E-state index contributed by atoms with van der Waals surface area (Å²) in [7, 11) is 0. The fourth-order valence-electron chi connectivity index (χ4n) is 3.25. The van der Waals surface area contributed by atoms with Crippen molar-refractivity contribution in [1.82, 2.24) is 20.2 Å². The number of hydrogen-bond donors (Lipinski definition) is 1. The molecule has 0 fully saturated rings. The standard InChI is InChI=1S/C26H22N6O3S/c1-19(15-16-20-9-4-2-5-10-20)27-28-24(33)18-36-26-30-29-25(31(26)22-12-6-3-7-13-22)21-11-8-14-23(17-21)32(34)35/h2-17H,18H2,1H3,(H,28,33)/b16-15+,27-19-. The average Bonchev–Trinajstić information content (AvgIpc) is 3.34. The summed E-state index contributed by atoms with van der Waals surface area (Å²) in [5, 5.41) is 24.4. The van der Waals surface area contributed by atoms with Crippen LogP contribution in [0.15, 0.2) is 101 Å². The maximum Gasteiger partial charge on any atom is 0.270 e. The van der Waals surface area contributed by atoms with Gasteiger partial charge in [0, 0.05) is 23.4 Å². The minimum absolute atomic E-state index is 0.0433. The van der Waals surface area contributed by atoms with E-state index < -0.39 is 4.92 Å². The number of thioether (sulfide) groups is 1. The van der Waals surface area contributed by atoms with Crippen LogP contribution in [0.3, 0.4) is 0 Å². The van der Waals surface area contributed by atoms with E-state index in [1.807, 2.05) is 72.8 Å². The summed E-state index contributed by atoms with van der Waals surface area (Å²) in [6.07, 6.45) is 3.73.